The maximum atomic E-state index is 12.3. The summed E-state index contributed by atoms with van der Waals surface area (Å²) in [6.45, 7) is 1.95. The topological polar surface area (TPSA) is 76.0 Å². The van der Waals surface area contributed by atoms with Gasteiger partial charge in [0.1, 0.15) is 0 Å². The van der Waals surface area contributed by atoms with Gasteiger partial charge in [-0.2, -0.15) is 0 Å². The third-order valence-corrected chi connectivity index (χ3v) is 4.13. The number of allylic oxidation sites excluding steroid dienone is 2. The number of carbonyl (C=O) groups excluding carboxylic acids is 1. The van der Waals surface area contributed by atoms with Crippen LogP contribution in [0.5, 0.6) is 0 Å². The molecule has 108 valence electrons. The molecule has 1 heterocycles. The van der Waals surface area contributed by atoms with E-state index in [0.717, 1.165) is 23.9 Å². The minimum Gasteiger partial charge on any atom is -0.369 e. The number of nitrogens with two attached hydrogens (primary N) is 1. The van der Waals surface area contributed by atoms with Gasteiger partial charge in [0.05, 0.1) is 5.92 Å². The smallest absolute Gasteiger partial charge is 0.227 e. The molecule has 1 aliphatic rings. The van der Waals surface area contributed by atoms with Gasteiger partial charge in [0, 0.05) is 22.7 Å². The Labute approximate surface area is 122 Å². The van der Waals surface area contributed by atoms with Crippen LogP contribution in [0, 0.1) is 12.8 Å². The van der Waals surface area contributed by atoms with Crippen LogP contribution in [0.1, 0.15) is 30.0 Å². The third kappa shape index (κ3) is 2.49. The Balaban J connectivity index is 2.14. The van der Waals surface area contributed by atoms with Gasteiger partial charge in [0.2, 0.25) is 5.91 Å². The van der Waals surface area contributed by atoms with E-state index in [-0.39, 0.29) is 11.3 Å². The van der Waals surface area contributed by atoms with Crippen molar-refractivity contribution in [3.8, 4) is 0 Å². The zero-order valence-electron chi connectivity index (χ0n) is 11.9. The molecule has 0 bridgehead atoms. The van der Waals surface area contributed by atoms with E-state index in [1.165, 1.54) is 6.07 Å². The molecule has 3 N–H and O–H groups in total. The van der Waals surface area contributed by atoms with Crippen molar-refractivity contribution in [2.24, 2.45) is 11.7 Å². The van der Waals surface area contributed by atoms with E-state index in [1.54, 1.807) is 0 Å². The monoisotopic (exact) mass is 282 g/mol. The molecule has 1 amide bonds. The lowest BCUT2D eigenvalue weighted by molar-refractivity contribution is -0.120. The Bertz CT molecular complexity index is 789. The molecular formula is C17H18N2O2. The van der Waals surface area contributed by atoms with Gasteiger partial charge in [-0.15, -0.1) is 0 Å². The normalized spacial score (nSPS) is 19.0. The molecule has 1 aliphatic carbocycles. The number of primary amides is 1. The van der Waals surface area contributed by atoms with E-state index < -0.39 is 11.8 Å². The van der Waals surface area contributed by atoms with E-state index >= 15 is 0 Å². The van der Waals surface area contributed by atoms with E-state index in [1.807, 2.05) is 31.2 Å². The van der Waals surface area contributed by atoms with Gasteiger partial charge >= 0.3 is 0 Å². The fraction of sp³-hybridized carbons (Fsp3) is 0.294. The molecule has 2 unspecified atom stereocenters. The molecule has 0 spiro atoms. The van der Waals surface area contributed by atoms with E-state index in [4.69, 9.17) is 5.73 Å². The van der Waals surface area contributed by atoms with E-state index in [0.29, 0.717) is 11.1 Å². The van der Waals surface area contributed by atoms with Crippen LogP contribution in [0.2, 0.25) is 0 Å². The third-order valence-electron chi connectivity index (χ3n) is 4.13. The number of fused-ring (bicyclic) bond motifs is 1. The summed E-state index contributed by atoms with van der Waals surface area (Å²) in [6, 6.07) is 7.19. The summed E-state index contributed by atoms with van der Waals surface area (Å²) in [5.41, 5.74) is 7.89. The molecule has 0 saturated heterocycles. The van der Waals surface area contributed by atoms with Crippen molar-refractivity contribution in [3.05, 3.63) is 57.9 Å². The molecule has 2 aromatic rings. The number of nitrogens with one attached hydrogen (secondary N) is 1. The molecule has 0 aliphatic heterocycles. The first-order chi connectivity index (χ1) is 10.1. The molecule has 2 atom stereocenters. The number of carbonyl (C=O) groups is 1. The minimum atomic E-state index is -0.470. The average Bonchev–Trinajstić information content (AvgIpc) is 2.93. The first-order valence-corrected chi connectivity index (χ1v) is 7.16. The van der Waals surface area contributed by atoms with E-state index in [2.05, 4.69) is 11.1 Å². The van der Waals surface area contributed by atoms with Crippen molar-refractivity contribution in [1.29, 1.82) is 0 Å². The van der Waals surface area contributed by atoms with Gasteiger partial charge in [-0.1, -0.05) is 23.8 Å². The van der Waals surface area contributed by atoms with Gasteiger partial charge in [-0.25, -0.2) is 0 Å². The standard InChI is InChI=1S/C17H18N2O2/c1-10-6-7-13-12(8-10)15(20)9-14(19-13)16(17(18)21)11-4-2-3-5-11/h2,4,6-9,11,16H,3,5H2,1H3,(H2,18,21)(H,19,20). The summed E-state index contributed by atoms with van der Waals surface area (Å²) in [6.07, 6.45) is 5.92. The lowest BCUT2D eigenvalue weighted by Crippen LogP contribution is -2.28. The SMILES string of the molecule is Cc1ccc2[nH]c(C(C(N)=O)C3C=CCC3)cc(=O)c2c1. The quantitative estimate of drug-likeness (QED) is 0.848. The number of benzene rings is 1. The predicted molar refractivity (Wildman–Crippen MR) is 83.1 cm³/mol. The highest BCUT2D eigenvalue weighted by molar-refractivity contribution is 5.84. The summed E-state index contributed by atoms with van der Waals surface area (Å²) < 4.78 is 0. The molecule has 1 aromatic carbocycles. The number of aromatic amines is 1. The Morgan fingerprint density at radius 2 is 2.19 bits per heavy atom. The summed E-state index contributed by atoms with van der Waals surface area (Å²) >= 11 is 0. The molecule has 4 heteroatoms. The van der Waals surface area contributed by atoms with Gasteiger partial charge in [-0.3, -0.25) is 9.59 Å². The van der Waals surface area contributed by atoms with Crippen LogP contribution >= 0.6 is 0 Å². The minimum absolute atomic E-state index is 0.0704. The maximum absolute atomic E-state index is 12.3. The molecular weight excluding hydrogens is 264 g/mol. The maximum Gasteiger partial charge on any atom is 0.227 e. The van der Waals surface area contributed by atoms with Crippen molar-refractivity contribution in [1.82, 2.24) is 4.98 Å². The largest absolute Gasteiger partial charge is 0.369 e. The number of rotatable bonds is 3. The highest BCUT2D eigenvalue weighted by Gasteiger charge is 2.29. The molecule has 4 nitrogen and oxygen atoms in total. The van der Waals surface area contributed by atoms with Crippen LogP contribution < -0.4 is 11.2 Å². The molecule has 0 saturated carbocycles. The summed E-state index contributed by atoms with van der Waals surface area (Å²) in [4.78, 5) is 27.4. The van der Waals surface area contributed by atoms with Crippen molar-refractivity contribution in [2.75, 3.05) is 0 Å². The number of aryl methyl sites for hydroxylation is 1. The lowest BCUT2D eigenvalue weighted by Gasteiger charge is -2.19. The van der Waals surface area contributed by atoms with Crippen molar-refractivity contribution < 1.29 is 4.79 Å². The number of amides is 1. The predicted octanol–water partition coefficient (Wildman–Crippen LogP) is 2.37. The van der Waals surface area contributed by atoms with Crippen molar-refractivity contribution in [3.63, 3.8) is 0 Å². The van der Waals surface area contributed by atoms with Gasteiger partial charge in [0.15, 0.2) is 5.43 Å². The van der Waals surface area contributed by atoms with Crippen molar-refractivity contribution >= 4 is 16.8 Å². The zero-order chi connectivity index (χ0) is 15.0. The van der Waals surface area contributed by atoms with Crippen LogP contribution in [-0.4, -0.2) is 10.9 Å². The molecule has 1 aromatic heterocycles. The van der Waals surface area contributed by atoms with Crippen LogP contribution in [0.4, 0.5) is 0 Å². The Hall–Kier alpha value is -2.36. The summed E-state index contributed by atoms with van der Waals surface area (Å²) in [5, 5.41) is 0.643. The van der Waals surface area contributed by atoms with Crippen LogP contribution in [0.25, 0.3) is 10.9 Å². The fourth-order valence-electron chi connectivity index (χ4n) is 3.08. The Kier molecular flexibility index (Phi) is 3.37. The Morgan fingerprint density at radius 3 is 2.86 bits per heavy atom. The van der Waals surface area contributed by atoms with Crippen LogP contribution in [0.3, 0.4) is 0 Å². The highest BCUT2D eigenvalue weighted by Crippen LogP contribution is 2.32. The van der Waals surface area contributed by atoms with E-state index in [9.17, 15) is 9.59 Å². The number of hydrogen-bond acceptors (Lipinski definition) is 2. The van der Waals surface area contributed by atoms with Crippen LogP contribution in [-0.2, 0) is 4.79 Å². The number of H-pyrrole nitrogens is 1. The highest BCUT2D eigenvalue weighted by atomic mass is 16.1. The Morgan fingerprint density at radius 1 is 1.38 bits per heavy atom. The summed E-state index contributed by atoms with van der Waals surface area (Å²) in [5.74, 6) is -0.795. The molecule has 0 fully saturated rings. The molecule has 0 radical (unpaired) electrons. The lowest BCUT2D eigenvalue weighted by atomic mass is 9.87. The number of pyridine rings is 1. The fourth-order valence-corrected chi connectivity index (χ4v) is 3.08. The second-order valence-electron chi connectivity index (χ2n) is 5.69. The van der Waals surface area contributed by atoms with Gasteiger partial charge < -0.3 is 10.7 Å². The van der Waals surface area contributed by atoms with Crippen LogP contribution in [0.15, 0.2) is 41.2 Å². The molecule has 3 rings (SSSR count). The first-order valence-electron chi connectivity index (χ1n) is 7.16. The second-order valence-corrected chi connectivity index (χ2v) is 5.69. The second kappa shape index (κ2) is 5.20. The van der Waals surface area contributed by atoms with Gasteiger partial charge in [0.25, 0.3) is 0 Å². The molecule has 21 heavy (non-hydrogen) atoms. The number of hydrogen-bond donors (Lipinski definition) is 2. The first kappa shape index (κ1) is 13.6. The summed E-state index contributed by atoms with van der Waals surface area (Å²) in [7, 11) is 0. The number of aromatic nitrogens is 1. The zero-order valence-corrected chi connectivity index (χ0v) is 11.9. The average molecular weight is 282 g/mol. The van der Waals surface area contributed by atoms with Gasteiger partial charge in [-0.05, 0) is 37.8 Å². The van der Waals surface area contributed by atoms with Crippen molar-refractivity contribution in [2.45, 2.75) is 25.7 Å².